The predicted octanol–water partition coefficient (Wildman–Crippen LogP) is 4.91. The highest BCUT2D eigenvalue weighted by Crippen LogP contribution is 2.45. The zero-order chi connectivity index (χ0) is 22.5. The highest BCUT2D eigenvalue weighted by Gasteiger charge is 2.30. The smallest absolute Gasteiger partial charge is 0.244 e. The molecule has 1 aliphatic rings. The van der Waals surface area contributed by atoms with Gasteiger partial charge in [0.05, 0.1) is 25.6 Å². The minimum Gasteiger partial charge on any atom is -0.497 e. The van der Waals surface area contributed by atoms with E-state index in [0.29, 0.717) is 23.6 Å². The summed E-state index contributed by atoms with van der Waals surface area (Å²) in [6, 6.07) is 22.8. The molecule has 0 aliphatic carbocycles. The largest absolute Gasteiger partial charge is 0.497 e. The minimum absolute atomic E-state index is 0.0172. The molecule has 0 unspecified atom stereocenters. The van der Waals surface area contributed by atoms with Gasteiger partial charge < -0.3 is 19.7 Å². The van der Waals surface area contributed by atoms with Gasteiger partial charge in [0.15, 0.2) is 0 Å². The van der Waals surface area contributed by atoms with Gasteiger partial charge in [-0.05, 0) is 29.8 Å². The van der Waals surface area contributed by atoms with E-state index in [1.165, 1.54) is 7.11 Å². The molecule has 32 heavy (non-hydrogen) atoms. The molecular weight excluding hydrogens is 424 g/mol. The van der Waals surface area contributed by atoms with Crippen molar-refractivity contribution in [1.82, 2.24) is 0 Å². The van der Waals surface area contributed by atoms with Gasteiger partial charge in [-0.3, -0.25) is 9.59 Å². The van der Waals surface area contributed by atoms with Crippen LogP contribution >= 0.6 is 11.8 Å². The molecule has 0 saturated heterocycles. The molecule has 1 N–H and O–H groups in total. The van der Waals surface area contributed by atoms with Crippen molar-refractivity contribution < 1.29 is 19.1 Å². The van der Waals surface area contributed by atoms with Gasteiger partial charge in [-0.15, -0.1) is 11.8 Å². The number of anilines is 2. The second kappa shape index (κ2) is 9.78. The molecule has 3 aromatic rings. The summed E-state index contributed by atoms with van der Waals surface area (Å²) in [6.07, 6.45) is 0.305. The van der Waals surface area contributed by atoms with Gasteiger partial charge in [0.25, 0.3) is 0 Å². The van der Waals surface area contributed by atoms with E-state index in [2.05, 4.69) is 5.32 Å². The molecule has 0 aromatic heterocycles. The van der Waals surface area contributed by atoms with Crippen molar-refractivity contribution in [2.75, 3.05) is 31.0 Å². The number of carbonyl (C=O) groups excluding carboxylic acids is 2. The fourth-order valence-electron chi connectivity index (χ4n) is 3.65. The number of methoxy groups -OCH3 is 2. The first-order chi connectivity index (χ1) is 15.6. The Bertz CT molecular complexity index is 1120. The summed E-state index contributed by atoms with van der Waals surface area (Å²) in [5.41, 5.74) is 2.32. The van der Waals surface area contributed by atoms with Gasteiger partial charge in [-0.2, -0.15) is 0 Å². The number of benzene rings is 3. The minimum atomic E-state index is -0.317. The van der Waals surface area contributed by atoms with Crippen LogP contribution in [0.1, 0.15) is 17.2 Å². The van der Waals surface area contributed by atoms with Crippen molar-refractivity contribution >= 4 is 35.0 Å². The zero-order valence-corrected chi connectivity index (χ0v) is 18.7. The second-order valence-corrected chi connectivity index (χ2v) is 8.53. The molecule has 164 valence electrons. The van der Waals surface area contributed by atoms with E-state index in [1.807, 2.05) is 54.6 Å². The lowest BCUT2D eigenvalue weighted by Gasteiger charge is -2.22. The molecule has 0 bridgehead atoms. The van der Waals surface area contributed by atoms with Crippen LogP contribution in [-0.4, -0.2) is 32.6 Å². The predicted molar refractivity (Wildman–Crippen MR) is 127 cm³/mol. The molecule has 1 heterocycles. The number of hydrogen-bond acceptors (Lipinski definition) is 5. The maximum Gasteiger partial charge on any atom is 0.244 e. The quantitative estimate of drug-likeness (QED) is 0.580. The number of amides is 2. The van der Waals surface area contributed by atoms with E-state index in [1.54, 1.807) is 42.0 Å². The Hall–Kier alpha value is -3.45. The summed E-state index contributed by atoms with van der Waals surface area (Å²) in [5.74, 6) is 0.702. The molecule has 4 rings (SSSR count). The Balaban J connectivity index is 1.58. The number of carbonyl (C=O) groups is 2. The highest BCUT2D eigenvalue weighted by atomic mass is 32.2. The van der Waals surface area contributed by atoms with Crippen LogP contribution in [0, 0.1) is 0 Å². The summed E-state index contributed by atoms with van der Waals surface area (Å²) < 4.78 is 10.6. The van der Waals surface area contributed by atoms with E-state index in [-0.39, 0.29) is 23.6 Å². The molecule has 6 nitrogen and oxygen atoms in total. The summed E-state index contributed by atoms with van der Waals surface area (Å²) >= 11 is 1.65. The van der Waals surface area contributed by atoms with Gasteiger partial charge in [0.1, 0.15) is 18.0 Å². The van der Waals surface area contributed by atoms with Crippen LogP contribution in [-0.2, 0) is 9.59 Å². The SMILES string of the molecule is COc1ccc(OC)c(NC(=O)CN2C(=O)C[C@@H](c3ccccc3)Sc3ccccc32)c1. The van der Waals surface area contributed by atoms with Crippen LogP contribution in [0.15, 0.2) is 77.7 Å². The third kappa shape index (κ3) is 4.73. The number of ether oxygens (including phenoxy) is 2. The van der Waals surface area contributed by atoms with Crippen molar-refractivity contribution in [3.8, 4) is 11.5 Å². The van der Waals surface area contributed by atoms with Crippen molar-refractivity contribution in [2.45, 2.75) is 16.6 Å². The Morgan fingerprint density at radius 3 is 2.53 bits per heavy atom. The van der Waals surface area contributed by atoms with E-state index in [0.717, 1.165) is 16.1 Å². The van der Waals surface area contributed by atoms with Crippen molar-refractivity contribution in [1.29, 1.82) is 0 Å². The van der Waals surface area contributed by atoms with Crippen molar-refractivity contribution in [3.63, 3.8) is 0 Å². The first-order valence-corrected chi connectivity index (χ1v) is 11.1. The van der Waals surface area contributed by atoms with E-state index in [9.17, 15) is 9.59 Å². The lowest BCUT2D eigenvalue weighted by molar-refractivity contribution is -0.121. The summed E-state index contributed by atoms with van der Waals surface area (Å²) in [6.45, 7) is -0.0989. The van der Waals surface area contributed by atoms with Gasteiger partial charge in [-0.25, -0.2) is 0 Å². The van der Waals surface area contributed by atoms with Crippen LogP contribution in [0.4, 0.5) is 11.4 Å². The lowest BCUT2D eigenvalue weighted by atomic mass is 10.1. The number of hydrogen-bond donors (Lipinski definition) is 1. The second-order valence-electron chi connectivity index (χ2n) is 7.28. The van der Waals surface area contributed by atoms with Gasteiger partial charge in [-0.1, -0.05) is 42.5 Å². The maximum atomic E-state index is 13.3. The van der Waals surface area contributed by atoms with E-state index >= 15 is 0 Å². The number of nitrogens with one attached hydrogen (secondary N) is 1. The fourth-order valence-corrected chi connectivity index (χ4v) is 4.93. The van der Waals surface area contributed by atoms with Gasteiger partial charge >= 0.3 is 0 Å². The maximum absolute atomic E-state index is 13.3. The molecule has 7 heteroatoms. The van der Waals surface area contributed by atoms with Crippen LogP contribution in [0.25, 0.3) is 0 Å². The summed E-state index contributed by atoms with van der Waals surface area (Å²) in [5, 5.41) is 2.84. The number of rotatable bonds is 6. The average molecular weight is 449 g/mol. The van der Waals surface area contributed by atoms with E-state index in [4.69, 9.17) is 9.47 Å². The number of thioether (sulfide) groups is 1. The summed E-state index contributed by atoms with van der Waals surface area (Å²) in [4.78, 5) is 28.8. The topological polar surface area (TPSA) is 67.9 Å². The number of nitrogens with zero attached hydrogens (tertiary/aromatic N) is 1. The van der Waals surface area contributed by atoms with E-state index < -0.39 is 0 Å². The molecule has 0 saturated carbocycles. The van der Waals surface area contributed by atoms with Gasteiger partial charge in [0.2, 0.25) is 11.8 Å². The third-order valence-corrected chi connectivity index (χ3v) is 6.56. The normalized spacial score (nSPS) is 15.5. The molecule has 0 spiro atoms. The molecule has 2 amide bonds. The van der Waals surface area contributed by atoms with Crippen molar-refractivity contribution in [3.05, 3.63) is 78.4 Å². The Labute approximate surface area is 191 Å². The molecule has 1 atom stereocenters. The average Bonchev–Trinajstić information content (AvgIpc) is 2.96. The van der Waals surface area contributed by atoms with Crippen LogP contribution < -0.4 is 19.7 Å². The first kappa shape index (κ1) is 21.8. The van der Waals surface area contributed by atoms with Crippen LogP contribution in [0.3, 0.4) is 0 Å². The number of fused-ring (bicyclic) bond motifs is 1. The van der Waals surface area contributed by atoms with Crippen LogP contribution in [0.5, 0.6) is 11.5 Å². The Morgan fingerprint density at radius 1 is 1.03 bits per heavy atom. The lowest BCUT2D eigenvalue weighted by Crippen LogP contribution is -2.38. The van der Waals surface area contributed by atoms with Gasteiger partial charge in [0, 0.05) is 22.6 Å². The zero-order valence-electron chi connectivity index (χ0n) is 17.9. The molecule has 0 fully saturated rings. The van der Waals surface area contributed by atoms with Crippen molar-refractivity contribution in [2.24, 2.45) is 0 Å². The summed E-state index contributed by atoms with van der Waals surface area (Å²) in [7, 11) is 3.09. The highest BCUT2D eigenvalue weighted by molar-refractivity contribution is 7.99. The Kier molecular flexibility index (Phi) is 6.66. The molecular formula is C25H24N2O4S. The first-order valence-electron chi connectivity index (χ1n) is 10.2. The number of para-hydroxylation sites is 1. The molecule has 0 radical (unpaired) electrons. The monoisotopic (exact) mass is 448 g/mol. The fraction of sp³-hybridized carbons (Fsp3) is 0.200. The Morgan fingerprint density at radius 2 is 1.78 bits per heavy atom. The van der Waals surface area contributed by atoms with Crippen LogP contribution in [0.2, 0.25) is 0 Å². The molecule has 3 aromatic carbocycles. The molecule has 1 aliphatic heterocycles. The standard InChI is InChI=1S/C25H24N2O4S/c1-30-18-12-13-21(31-2)19(14-18)26-24(28)16-27-20-10-6-7-11-22(20)32-23(15-25(27)29)17-8-4-3-5-9-17/h3-14,23H,15-16H2,1-2H3,(H,26,28)/t23-/m0/s1. The third-order valence-electron chi connectivity index (χ3n) is 5.24.